The van der Waals surface area contributed by atoms with Crippen molar-refractivity contribution in [2.75, 3.05) is 0 Å². The molecule has 2 heterocycles. The van der Waals surface area contributed by atoms with Crippen LogP contribution in [0.25, 0.3) is 0 Å². The fourth-order valence-electron chi connectivity index (χ4n) is 4.10. The molecule has 3 fully saturated rings. The van der Waals surface area contributed by atoms with Crippen molar-refractivity contribution in [1.29, 1.82) is 0 Å². The van der Waals surface area contributed by atoms with Gasteiger partial charge in [-0.15, -0.1) is 0 Å². The minimum atomic E-state index is 0.261. The van der Waals surface area contributed by atoms with Crippen LogP contribution in [0, 0.1) is 17.8 Å². The van der Waals surface area contributed by atoms with E-state index in [1.165, 1.54) is 25.7 Å². The monoisotopic (exact) mass is 236 g/mol. The third-order valence-corrected chi connectivity index (χ3v) is 5.30. The molecule has 2 aliphatic heterocycles. The second-order valence-corrected chi connectivity index (χ2v) is 6.24. The van der Waals surface area contributed by atoms with E-state index in [1.54, 1.807) is 0 Å². The Morgan fingerprint density at radius 3 is 2.41 bits per heavy atom. The lowest BCUT2D eigenvalue weighted by Gasteiger charge is -2.30. The number of ketones is 1. The molecule has 3 rings (SSSR count). The first-order chi connectivity index (χ1) is 8.28. The van der Waals surface area contributed by atoms with Crippen molar-refractivity contribution in [3.05, 3.63) is 0 Å². The summed E-state index contributed by atoms with van der Waals surface area (Å²) in [5.41, 5.74) is 0. The van der Waals surface area contributed by atoms with E-state index in [9.17, 15) is 4.79 Å². The lowest BCUT2D eigenvalue weighted by Crippen LogP contribution is -2.32. The van der Waals surface area contributed by atoms with Gasteiger partial charge in [0.05, 0.1) is 12.2 Å². The molecule has 0 amide bonds. The lowest BCUT2D eigenvalue weighted by molar-refractivity contribution is -0.129. The molecule has 17 heavy (non-hydrogen) atoms. The van der Waals surface area contributed by atoms with Crippen molar-refractivity contribution in [3.8, 4) is 0 Å². The molecule has 0 radical (unpaired) electrons. The van der Waals surface area contributed by atoms with Gasteiger partial charge in [-0.1, -0.05) is 13.3 Å². The van der Waals surface area contributed by atoms with Crippen LogP contribution in [0.5, 0.6) is 0 Å². The van der Waals surface area contributed by atoms with Crippen LogP contribution >= 0.6 is 0 Å². The highest BCUT2D eigenvalue weighted by Gasteiger charge is 2.46. The van der Waals surface area contributed by atoms with Crippen LogP contribution < -0.4 is 0 Å². The summed E-state index contributed by atoms with van der Waals surface area (Å²) in [5, 5.41) is 0. The maximum Gasteiger partial charge on any atom is 0.141 e. The summed E-state index contributed by atoms with van der Waals surface area (Å²) >= 11 is 0. The third kappa shape index (κ3) is 2.16. The molecule has 2 heteroatoms. The Bertz CT molecular complexity index is 291. The normalized spacial score (nSPS) is 45.1. The predicted molar refractivity (Wildman–Crippen MR) is 66.7 cm³/mol. The third-order valence-electron chi connectivity index (χ3n) is 5.30. The lowest BCUT2D eigenvalue weighted by atomic mass is 9.73. The fourth-order valence-corrected chi connectivity index (χ4v) is 4.10. The summed E-state index contributed by atoms with van der Waals surface area (Å²) in [5.74, 6) is 2.06. The quantitative estimate of drug-likeness (QED) is 0.751. The molecule has 3 atom stereocenters. The topological polar surface area (TPSA) is 26.3 Å². The molecule has 2 bridgehead atoms. The first-order valence-corrected chi connectivity index (χ1v) is 7.47. The van der Waals surface area contributed by atoms with Gasteiger partial charge in [-0.2, -0.15) is 0 Å². The number of carbonyl (C=O) groups excluding carboxylic acids is 1. The maximum atomic E-state index is 12.5. The maximum absolute atomic E-state index is 12.5. The Morgan fingerprint density at radius 2 is 1.88 bits per heavy atom. The van der Waals surface area contributed by atoms with E-state index in [1.807, 2.05) is 0 Å². The van der Waals surface area contributed by atoms with E-state index < -0.39 is 0 Å². The van der Waals surface area contributed by atoms with Gasteiger partial charge in [0.2, 0.25) is 0 Å². The molecule has 0 aromatic rings. The van der Waals surface area contributed by atoms with Gasteiger partial charge in [-0.25, -0.2) is 0 Å². The fraction of sp³-hybridized carbons (Fsp3) is 0.933. The van der Waals surface area contributed by atoms with E-state index in [2.05, 4.69) is 6.92 Å². The second-order valence-electron chi connectivity index (χ2n) is 6.24. The standard InChI is InChI=1S/C15H24O2/c1-2-10-3-5-11(6-4-10)15(16)13-9-12-7-8-14(13)17-12/h10-14H,2-9H2,1H3. The molecule has 0 aromatic carbocycles. The van der Waals surface area contributed by atoms with Crippen molar-refractivity contribution in [2.24, 2.45) is 17.8 Å². The van der Waals surface area contributed by atoms with Crippen LogP contribution in [0.1, 0.15) is 58.3 Å². The van der Waals surface area contributed by atoms with Crippen molar-refractivity contribution >= 4 is 5.78 Å². The summed E-state index contributed by atoms with van der Waals surface area (Å²) < 4.78 is 5.82. The highest BCUT2D eigenvalue weighted by Crippen LogP contribution is 2.42. The zero-order valence-electron chi connectivity index (χ0n) is 10.9. The zero-order valence-corrected chi connectivity index (χ0v) is 10.9. The number of fused-ring (bicyclic) bond motifs is 2. The van der Waals surface area contributed by atoms with Crippen LogP contribution in [0.2, 0.25) is 0 Å². The van der Waals surface area contributed by atoms with Crippen LogP contribution in [-0.4, -0.2) is 18.0 Å². The number of ether oxygens (including phenoxy) is 1. The Balaban J connectivity index is 1.56. The molecule has 96 valence electrons. The zero-order chi connectivity index (χ0) is 11.8. The number of rotatable bonds is 3. The Kier molecular flexibility index (Phi) is 3.25. The Hall–Kier alpha value is -0.370. The Labute approximate surface area is 104 Å². The average molecular weight is 236 g/mol. The summed E-state index contributed by atoms with van der Waals surface area (Å²) in [6, 6.07) is 0. The number of hydrogen-bond acceptors (Lipinski definition) is 2. The van der Waals surface area contributed by atoms with Gasteiger partial charge in [0.25, 0.3) is 0 Å². The SMILES string of the molecule is CCC1CCC(C(=O)C2CC3CCC2O3)CC1. The summed E-state index contributed by atoms with van der Waals surface area (Å²) in [6.07, 6.45) is 10.2. The smallest absolute Gasteiger partial charge is 0.141 e. The van der Waals surface area contributed by atoms with E-state index in [0.717, 1.165) is 31.6 Å². The molecule has 1 saturated carbocycles. The molecule has 0 aromatic heterocycles. The van der Waals surface area contributed by atoms with Gasteiger partial charge >= 0.3 is 0 Å². The summed E-state index contributed by atoms with van der Waals surface area (Å²) in [7, 11) is 0. The first kappa shape index (κ1) is 11.7. The van der Waals surface area contributed by atoms with Crippen LogP contribution in [0.3, 0.4) is 0 Å². The highest BCUT2D eigenvalue weighted by atomic mass is 16.5. The molecule has 3 unspecified atom stereocenters. The number of hydrogen-bond donors (Lipinski definition) is 0. The van der Waals surface area contributed by atoms with Crippen molar-refractivity contribution in [3.63, 3.8) is 0 Å². The molecule has 1 aliphatic carbocycles. The van der Waals surface area contributed by atoms with E-state index in [-0.39, 0.29) is 12.0 Å². The van der Waals surface area contributed by atoms with Gasteiger partial charge in [-0.3, -0.25) is 4.79 Å². The summed E-state index contributed by atoms with van der Waals surface area (Å²) in [6.45, 7) is 2.27. The van der Waals surface area contributed by atoms with Gasteiger partial charge < -0.3 is 4.74 Å². The average Bonchev–Trinajstić information content (AvgIpc) is 3.00. The predicted octanol–water partition coefficient (Wildman–Crippen LogP) is 3.34. The first-order valence-electron chi connectivity index (χ1n) is 7.47. The minimum absolute atomic E-state index is 0.261. The highest BCUT2D eigenvalue weighted by molar-refractivity contribution is 5.84. The molecular weight excluding hydrogens is 212 g/mol. The molecule has 2 saturated heterocycles. The second kappa shape index (κ2) is 4.72. The summed E-state index contributed by atoms with van der Waals surface area (Å²) in [4.78, 5) is 12.5. The Morgan fingerprint density at radius 1 is 1.12 bits per heavy atom. The van der Waals surface area contributed by atoms with Crippen molar-refractivity contribution in [2.45, 2.75) is 70.5 Å². The largest absolute Gasteiger partial charge is 0.374 e. The molecule has 0 spiro atoms. The van der Waals surface area contributed by atoms with Crippen molar-refractivity contribution in [1.82, 2.24) is 0 Å². The van der Waals surface area contributed by atoms with E-state index >= 15 is 0 Å². The molecule has 0 N–H and O–H groups in total. The van der Waals surface area contributed by atoms with Crippen LogP contribution in [-0.2, 0) is 9.53 Å². The number of Topliss-reactive ketones (excluding diaryl/α,β-unsaturated/α-hetero) is 1. The molecule has 3 aliphatic rings. The minimum Gasteiger partial charge on any atom is -0.374 e. The van der Waals surface area contributed by atoms with Gasteiger partial charge in [0.15, 0.2) is 0 Å². The van der Waals surface area contributed by atoms with Crippen LogP contribution in [0.4, 0.5) is 0 Å². The molecular formula is C15H24O2. The van der Waals surface area contributed by atoms with Crippen molar-refractivity contribution < 1.29 is 9.53 Å². The molecule has 2 nitrogen and oxygen atoms in total. The number of carbonyl (C=O) groups is 1. The van der Waals surface area contributed by atoms with E-state index in [0.29, 0.717) is 17.8 Å². The van der Waals surface area contributed by atoms with Gasteiger partial charge in [-0.05, 0) is 50.9 Å². The van der Waals surface area contributed by atoms with E-state index in [4.69, 9.17) is 4.74 Å². The van der Waals surface area contributed by atoms with Gasteiger partial charge in [0, 0.05) is 11.8 Å². The van der Waals surface area contributed by atoms with Crippen LogP contribution in [0.15, 0.2) is 0 Å². The van der Waals surface area contributed by atoms with Gasteiger partial charge in [0.1, 0.15) is 5.78 Å².